The van der Waals surface area contributed by atoms with Gasteiger partial charge in [0.1, 0.15) is 0 Å². The van der Waals surface area contributed by atoms with Gasteiger partial charge in [0.25, 0.3) is 10.2 Å². The van der Waals surface area contributed by atoms with Crippen LogP contribution in [0.2, 0.25) is 0 Å². The van der Waals surface area contributed by atoms with Crippen LogP contribution in [0.15, 0.2) is 30.3 Å². The first-order valence-electron chi connectivity index (χ1n) is 7.56. The molecule has 116 valence electrons. The van der Waals surface area contributed by atoms with Gasteiger partial charge in [-0.05, 0) is 24.8 Å². The molecule has 5 nitrogen and oxygen atoms in total. The average molecular weight is 310 g/mol. The third-order valence-corrected chi connectivity index (χ3v) is 6.32. The van der Waals surface area contributed by atoms with Gasteiger partial charge in [-0.1, -0.05) is 30.3 Å². The second kappa shape index (κ2) is 6.44. The van der Waals surface area contributed by atoms with Crippen LogP contribution in [-0.2, 0) is 21.4 Å². The SMILES string of the molecule is O=S(=O)(N1CCOCC1)N1CCC[C@@H]1Cc1ccccc1. The third-order valence-electron chi connectivity index (χ3n) is 4.23. The van der Waals surface area contributed by atoms with Gasteiger partial charge in [0, 0.05) is 25.7 Å². The van der Waals surface area contributed by atoms with Crippen LogP contribution in [-0.4, -0.2) is 55.9 Å². The van der Waals surface area contributed by atoms with E-state index >= 15 is 0 Å². The average Bonchev–Trinajstić information content (AvgIpc) is 2.98. The minimum atomic E-state index is -3.34. The van der Waals surface area contributed by atoms with Gasteiger partial charge in [-0.25, -0.2) is 0 Å². The lowest BCUT2D eigenvalue weighted by Crippen LogP contribution is -2.50. The van der Waals surface area contributed by atoms with Gasteiger partial charge in [-0.15, -0.1) is 0 Å². The second-order valence-corrected chi connectivity index (χ2v) is 7.50. The number of benzene rings is 1. The molecule has 3 rings (SSSR count). The van der Waals surface area contributed by atoms with E-state index in [-0.39, 0.29) is 6.04 Å². The first-order chi connectivity index (χ1) is 10.2. The van der Waals surface area contributed by atoms with Crippen LogP contribution in [0.4, 0.5) is 0 Å². The highest BCUT2D eigenvalue weighted by molar-refractivity contribution is 7.86. The molecule has 0 saturated carbocycles. The Morgan fingerprint density at radius 1 is 1.10 bits per heavy atom. The quantitative estimate of drug-likeness (QED) is 0.841. The largest absolute Gasteiger partial charge is 0.379 e. The third kappa shape index (κ3) is 3.29. The fourth-order valence-corrected chi connectivity index (χ4v) is 4.95. The molecule has 0 aromatic heterocycles. The maximum atomic E-state index is 12.8. The van der Waals surface area contributed by atoms with Crippen molar-refractivity contribution < 1.29 is 13.2 Å². The normalized spacial score (nSPS) is 25.2. The zero-order valence-corrected chi connectivity index (χ0v) is 13.0. The van der Waals surface area contributed by atoms with Crippen molar-refractivity contribution in [1.82, 2.24) is 8.61 Å². The highest BCUT2D eigenvalue weighted by Gasteiger charge is 2.38. The van der Waals surface area contributed by atoms with E-state index < -0.39 is 10.2 Å². The van der Waals surface area contributed by atoms with Gasteiger partial charge in [0.2, 0.25) is 0 Å². The highest BCUT2D eigenvalue weighted by atomic mass is 32.2. The van der Waals surface area contributed by atoms with Crippen LogP contribution in [0.3, 0.4) is 0 Å². The van der Waals surface area contributed by atoms with Crippen LogP contribution in [0.25, 0.3) is 0 Å². The predicted molar refractivity (Wildman–Crippen MR) is 81.2 cm³/mol. The first-order valence-corrected chi connectivity index (χ1v) is 8.96. The van der Waals surface area contributed by atoms with Gasteiger partial charge >= 0.3 is 0 Å². The van der Waals surface area contributed by atoms with Crippen molar-refractivity contribution in [2.45, 2.75) is 25.3 Å². The summed E-state index contributed by atoms with van der Waals surface area (Å²) in [6.45, 7) is 2.57. The molecule has 6 heteroatoms. The van der Waals surface area contributed by atoms with Crippen molar-refractivity contribution in [3.63, 3.8) is 0 Å². The molecule has 21 heavy (non-hydrogen) atoms. The van der Waals surface area contributed by atoms with Crippen molar-refractivity contribution in [3.05, 3.63) is 35.9 Å². The van der Waals surface area contributed by atoms with Crippen molar-refractivity contribution in [2.24, 2.45) is 0 Å². The Balaban J connectivity index is 1.73. The summed E-state index contributed by atoms with van der Waals surface area (Å²) in [5.74, 6) is 0. The van der Waals surface area contributed by atoms with Gasteiger partial charge in [-0.3, -0.25) is 0 Å². The molecule has 1 aromatic rings. The monoisotopic (exact) mass is 310 g/mol. The zero-order chi connectivity index (χ0) is 14.7. The van der Waals surface area contributed by atoms with E-state index in [1.54, 1.807) is 8.61 Å². The van der Waals surface area contributed by atoms with Crippen LogP contribution in [0.1, 0.15) is 18.4 Å². The van der Waals surface area contributed by atoms with E-state index in [9.17, 15) is 8.42 Å². The van der Waals surface area contributed by atoms with Crippen molar-refractivity contribution in [3.8, 4) is 0 Å². The smallest absolute Gasteiger partial charge is 0.282 e. The number of morpholine rings is 1. The Morgan fingerprint density at radius 2 is 1.81 bits per heavy atom. The van der Waals surface area contributed by atoms with E-state index in [2.05, 4.69) is 12.1 Å². The van der Waals surface area contributed by atoms with Crippen LogP contribution >= 0.6 is 0 Å². The summed E-state index contributed by atoms with van der Waals surface area (Å²) in [6, 6.07) is 10.2. The van der Waals surface area contributed by atoms with Gasteiger partial charge in [0.05, 0.1) is 13.2 Å². The number of ether oxygens (including phenoxy) is 1. The lowest BCUT2D eigenvalue weighted by atomic mass is 10.1. The molecule has 0 amide bonds. The predicted octanol–water partition coefficient (Wildman–Crippen LogP) is 1.27. The zero-order valence-electron chi connectivity index (χ0n) is 12.1. The minimum Gasteiger partial charge on any atom is -0.379 e. The van der Waals surface area contributed by atoms with Crippen LogP contribution in [0, 0.1) is 0 Å². The maximum absolute atomic E-state index is 12.8. The molecule has 0 N–H and O–H groups in total. The van der Waals surface area contributed by atoms with E-state index in [1.165, 1.54) is 5.56 Å². The van der Waals surface area contributed by atoms with E-state index in [1.807, 2.05) is 18.2 Å². The van der Waals surface area contributed by atoms with Crippen molar-refractivity contribution >= 4 is 10.2 Å². The Hall–Kier alpha value is -0.950. The topological polar surface area (TPSA) is 49.9 Å². The fraction of sp³-hybridized carbons (Fsp3) is 0.600. The number of hydrogen-bond donors (Lipinski definition) is 0. The van der Waals surface area contributed by atoms with Gasteiger partial charge in [-0.2, -0.15) is 17.0 Å². The van der Waals surface area contributed by atoms with Crippen LogP contribution in [0.5, 0.6) is 0 Å². The summed E-state index contributed by atoms with van der Waals surface area (Å²) in [6.07, 6.45) is 2.68. The summed E-state index contributed by atoms with van der Waals surface area (Å²) >= 11 is 0. The Labute approximate surface area is 126 Å². The van der Waals surface area contributed by atoms with Gasteiger partial charge < -0.3 is 4.74 Å². The molecule has 1 atom stereocenters. The maximum Gasteiger partial charge on any atom is 0.282 e. The fourth-order valence-electron chi connectivity index (χ4n) is 3.13. The standard InChI is InChI=1S/C15H22N2O3S/c18-21(19,16-9-11-20-12-10-16)17-8-4-7-15(17)13-14-5-2-1-3-6-14/h1-3,5-6,15H,4,7-13H2/t15-/m1/s1. The molecule has 0 bridgehead atoms. The molecule has 2 aliphatic heterocycles. The molecular formula is C15H22N2O3S. The molecule has 2 fully saturated rings. The molecule has 1 aromatic carbocycles. The van der Waals surface area contributed by atoms with E-state index in [0.717, 1.165) is 19.3 Å². The first kappa shape index (κ1) is 15.0. The number of hydrogen-bond acceptors (Lipinski definition) is 3. The Morgan fingerprint density at radius 3 is 2.52 bits per heavy atom. The summed E-state index contributed by atoms with van der Waals surface area (Å²) < 4.78 is 34.1. The molecule has 2 heterocycles. The van der Waals surface area contributed by atoms with Crippen molar-refractivity contribution in [1.29, 1.82) is 0 Å². The number of nitrogens with zero attached hydrogens (tertiary/aromatic N) is 2. The molecule has 2 aliphatic rings. The minimum absolute atomic E-state index is 0.0836. The van der Waals surface area contributed by atoms with E-state index in [4.69, 9.17) is 4.74 Å². The lowest BCUT2D eigenvalue weighted by Gasteiger charge is -2.33. The Bertz CT molecular complexity index is 556. The molecular weight excluding hydrogens is 288 g/mol. The molecule has 2 saturated heterocycles. The molecule has 0 aliphatic carbocycles. The van der Waals surface area contributed by atoms with Crippen molar-refractivity contribution in [2.75, 3.05) is 32.8 Å². The van der Waals surface area contributed by atoms with E-state index in [0.29, 0.717) is 32.8 Å². The van der Waals surface area contributed by atoms with Gasteiger partial charge in [0.15, 0.2) is 0 Å². The molecule has 0 spiro atoms. The van der Waals surface area contributed by atoms with Crippen LogP contribution < -0.4 is 0 Å². The molecule has 0 radical (unpaired) electrons. The second-order valence-electron chi connectivity index (χ2n) is 5.62. The highest BCUT2D eigenvalue weighted by Crippen LogP contribution is 2.26. The summed E-state index contributed by atoms with van der Waals surface area (Å²) in [7, 11) is -3.34. The summed E-state index contributed by atoms with van der Waals surface area (Å²) in [5.41, 5.74) is 1.20. The number of rotatable bonds is 4. The Kier molecular flexibility index (Phi) is 4.59. The summed E-state index contributed by atoms with van der Waals surface area (Å²) in [5, 5.41) is 0. The molecule has 0 unspecified atom stereocenters. The lowest BCUT2D eigenvalue weighted by molar-refractivity contribution is 0.0699. The summed E-state index contributed by atoms with van der Waals surface area (Å²) in [4.78, 5) is 0.